The number of aliphatic hydroxyl groups excluding tert-OH is 1. The highest BCUT2D eigenvalue weighted by molar-refractivity contribution is 5.38. The van der Waals surface area contributed by atoms with Gasteiger partial charge in [0.1, 0.15) is 5.82 Å². The average molecular weight is 198 g/mol. The van der Waals surface area contributed by atoms with Crippen molar-refractivity contribution < 1.29 is 9.50 Å². The van der Waals surface area contributed by atoms with Gasteiger partial charge in [0.05, 0.1) is 6.61 Å². The van der Waals surface area contributed by atoms with Gasteiger partial charge in [-0.25, -0.2) is 4.98 Å². The predicted molar refractivity (Wildman–Crippen MR) is 53.8 cm³/mol. The summed E-state index contributed by atoms with van der Waals surface area (Å²) >= 11 is 0. The maximum Gasteiger partial charge on any atom is 0.214 e. The molecule has 14 heavy (non-hydrogen) atoms. The standard InChI is InChI=1S/C10H15FN2O/c1-8(2)13(6-7-14)10-5-3-4-9(11)12-10/h3-5,8,14H,6-7H2,1-2H3. The van der Waals surface area contributed by atoms with Crippen LogP contribution in [0.2, 0.25) is 0 Å². The van der Waals surface area contributed by atoms with Gasteiger partial charge >= 0.3 is 0 Å². The number of hydrogen-bond donors (Lipinski definition) is 1. The van der Waals surface area contributed by atoms with Crippen LogP contribution >= 0.6 is 0 Å². The van der Waals surface area contributed by atoms with Gasteiger partial charge in [-0.1, -0.05) is 6.07 Å². The number of anilines is 1. The Kier molecular flexibility index (Phi) is 3.83. The summed E-state index contributed by atoms with van der Waals surface area (Å²) in [6.45, 7) is 4.45. The molecular formula is C10H15FN2O. The van der Waals surface area contributed by atoms with Crippen molar-refractivity contribution >= 4 is 5.82 Å². The molecule has 1 rings (SSSR count). The van der Waals surface area contributed by atoms with Crippen LogP contribution in [-0.2, 0) is 0 Å². The number of halogens is 1. The largest absolute Gasteiger partial charge is 0.395 e. The van der Waals surface area contributed by atoms with Crippen molar-refractivity contribution in [1.29, 1.82) is 0 Å². The lowest BCUT2D eigenvalue weighted by molar-refractivity contribution is 0.298. The molecule has 1 N–H and O–H groups in total. The Hall–Kier alpha value is -1.16. The second-order valence-electron chi connectivity index (χ2n) is 3.33. The summed E-state index contributed by atoms with van der Waals surface area (Å²) in [6, 6.07) is 4.85. The number of nitrogens with zero attached hydrogens (tertiary/aromatic N) is 2. The van der Waals surface area contributed by atoms with E-state index in [2.05, 4.69) is 4.98 Å². The van der Waals surface area contributed by atoms with E-state index in [1.165, 1.54) is 6.07 Å². The van der Waals surface area contributed by atoms with Gasteiger partial charge in [-0.15, -0.1) is 0 Å². The monoisotopic (exact) mass is 198 g/mol. The zero-order valence-electron chi connectivity index (χ0n) is 8.44. The molecular weight excluding hydrogens is 183 g/mol. The van der Waals surface area contributed by atoms with E-state index in [1.807, 2.05) is 18.7 Å². The van der Waals surface area contributed by atoms with E-state index in [1.54, 1.807) is 12.1 Å². The first-order valence-electron chi connectivity index (χ1n) is 4.65. The van der Waals surface area contributed by atoms with Gasteiger partial charge in [0, 0.05) is 12.6 Å². The van der Waals surface area contributed by atoms with Crippen molar-refractivity contribution in [3.05, 3.63) is 24.1 Å². The summed E-state index contributed by atoms with van der Waals surface area (Å²) in [5.41, 5.74) is 0. The van der Waals surface area contributed by atoms with Gasteiger partial charge < -0.3 is 10.0 Å². The first kappa shape index (κ1) is 10.9. The van der Waals surface area contributed by atoms with E-state index in [4.69, 9.17) is 5.11 Å². The third-order valence-corrected chi connectivity index (χ3v) is 1.96. The summed E-state index contributed by atoms with van der Waals surface area (Å²) in [5.74, 6) is 0.0696. The second-order valence-corrected chi connectivity index (χ2v) is 3.33. The Balaban J connectivity index is 2.87. The molecule has 0 atom stereocenters. The van der Waals surface area contributed by atoms with Gasteiger partial charge in [0.15, 0.2) is 0 Å². The van der Waals surface area contributed by atoms with Crippen LogP contribution in [0.1, 0.15) is 13.8 Å². The maximum absolute atomic E-state index is 12.8. The van der Waals surface area contributed by atoms with E-state index in [-0.39, 0.29) is 12.6 Å². The first-order chi connectivity index (χ1) is 6.65. The van der Waals surface area contributed by atoms with Gasteiger partial charge in [0.2, 0.25) is 5.95 Å². The fourth-order valence-corrected chi connectivity index (χ4v) is 1.30. The third kappa shape index (κ3) is 2.67. The zero-order chi connectivity index (χ0) is 10.6. The molecule has 0 radical (unpaired) electrons. The smallest absolute Gasteiger partial charge is 0.214 e. The van der Waals surface area contributed by atoms with Crippen molar-refractivity contribution in [3.8, 4) is 0 Å². The highest BCUT2D eigenvalue weighted by Crippen LogP contribution is 2.13. The second kappa shape index (κ2) is 4.91. The summed E-state index contributed by atoms with van der Waals surface area (Å²) in [5, 5.41) is 8.85. The summed E-state index contributed by atoms with van der Waals surface area (Å²) in [6.07, 6.45) is 0. The van der Waals surface area contributed by atoms with Crippen molar-refractivity contribution in [2.45, 2.75) is 19.9 Å². The van der Waals surface area contributed by atoms with Crippen LogP contribution < -0.4 is 4.90 Å². The first-order valence-corrected chi connectivity index (χ1v) is 4.65. The van der Waals surface area contributed by atoms with Crippen LogP contribution in [0.4, 0.5) is 10.2 Å². The predicted octanol–water partition coefficient (Wildman–Crippen LogP) is 1.43. The van der Waals surface area contributed by atoms with E-state index < -0.39 is 5.95 Å². The van der Waals surface area contributed by atoms with Crippen LogP contribution in [-0.4, -0.2) is 29.3 Å². The molecule has 0 aliphatic carbocycles. The molecule has 0 bridgehead atoms. The van der Waals surface area contributed by atoms with Crippen molar-refractivity contribution in [1.82, 2.24) is 4.98 Å². The summed E-state index contributed by atoms with van der Waals surface area (Å²) in [7, 11) is 0. The zero-order valence-corrected chi connectivity index (χ0v) is 8.44. The molecule has 0 aliphatic rings. The molecule has 0 aliphatic heterocycles. The highest BCUT2D eigenvalue weighted by Gasteiger charge is 2.11. The topological polar surface area (TPSA) is 36.4 Å². The quantitative estimate of drug-likeness (QED) is 0.743. The molecule has 3 nitrogen and oxygen atoms in total. The lowest BCUT2D eigenvalue weighted by Crippen LogP contribution is -2.34. The fraction of sp³-hybridized carbons (Fsp3) is 0.500. The van der Waals surface area contributed by atoms with Crippen LogP contribution in [0.15, 0.2) is 18.2 Å². The minimum Gasteiger partial charge on any atom is -0.395 e. The number of pyridine rings is 1. The van der Waals surface area contributed by atoms with E-state index in [9.17, 15) is 4.39 Å². The van der Waals surface area contributed by atoms with E-state index in [0.717, 1.165) is 0 Å². The van der Waals surface area contributed by atoms with Crippen LogP contribution in [0.25, 0.3) is 0 Å². The van der Waals surface area contributed by atoms with Crippen LogP contribution in [0, 0.1) is 5.95 Å². The SMILES string of the molecule is CC(C)N(CCO)c1cccc(F)n1. The molecule has 1 aromatic heterocycles. The minimum absolute atomic E-state index is 0.0381. The fourth-order valence-electron chi connectivity index (χ4n) is 1.30. The van der Waals surface area contributed by atoms with Crippen LogP contribution in [0.5, 0.6) is 0 Å². The number of rotatable bonds is 4. The minimum atomic E-state index is -0.494. The number of aromatic nitrogens is 1. The molecule has 0 spiro atoms. The molecule has 0 fully saturated rings. The molecule has 0 saturated heterocycles. The molecule has 0 aromatic carbocycles. The molecule has 0 amide bonds. The van der Waals surface area contributed by atoms with Gasteiger partial charge in [-0.2, -0.15) is 4.39 Å². The Labute approximate surface area is 83.2 Å². The van der Waals surface area contributed by atoms with Gasteiger partial charge in [-0.3, -0.25) is 0 Å². The lowest BCUT2D eigenvalue weighted by atomic mass is 10.3. The Bertz CT molecular complexity index is 291. The van der Waals surface area contributed by atoms with Gasteiger partial charge in [0.25, 0.3) is 0 Å². The molecule has 0 unspecified atom stereocenters. The van der Waals surface area contributed by atoms with E-state index >= 15 is 0 Å². The Morgan fingerprint density at radius 1 is 1.50 bits per heavy atom. The molecule has 1 heterocycles. The highest BCUT2D eigenvalue weighted by atomic mass is 19.1. The average Bonchev–Trinajstić information content (AvgIpc) is 2.13. The number of aliphatic hydroxyl groups is 1. The van der Waals surface area contributed by atoms with Crippen molar-refractivity contribution in [3.63, 3.8) is 0 Å². The molecule has 1 aromatic rings. The van der Waals surface area contributed by atoms with E-state index in [0.29, 0.717) is 12.4 Å². The third-order valence-electron chi connectivity index (χ3n) is 1.96. The van der Waals surface area contributed by atoms with Gasteiger partial charge in [-0.05, 0) is 26.0 Å². The number of hydrogen-bond acceptors (Lipinski definition) is 3. The molecule has 78 valence electrons. The molecule has 4 heteroatoms. The maximum atomic E-state index is 12.8. The van der Waals surface area contributed by atoms with Crippen molar-refractivity contribution in [2.24, 2.45) is 0 Å². The normalized spacial score (nSPS) is 10.6. The Morgan fingerprint density at radius 3 is 2.71 bits per heavy atom. The Morgan fingerprint density at radius 2 is 2.21 bits per heavy atom. The lowest BCUT2D eigenvalue weighted by Gasteiger charge is -2.26. The summed E-state index contributed by atoms with van der Waals surface area (Å²) in [4.78, 5) is 5.61. The van der Waals surface area contributed by atoms with Crippen molar-refractivity contribution in [2.75, 3.05) is 18.1 Å². The van der Waals surface area contributed by atoms with Crippen LogP contribution in [0.3, 0.4) is 0 Å². The molecule has 0 saturated carbocycles. The summed E-state index contributed by atoms with van der Waals surface area (Å²) < 4.78 is 12.8.